The SMILES string of the molecule is COc1ccc2cc(C(=O)NCC(O)CC(C)C)c(C)nc2c1. The molecule has 124 valence electrons. The van der Waals surface area contributed by atoms with Gasteiger partial charge in [0.2, 0.25) is 0 Å². The number of nitrogens with one attached hydrogen (secondary N) is 1. The third-order valence-corrected chi connectivity index (χ3v) is 3.70. The topological polar surface area (TPSA) is 71.5 Å². The smallest absolute Gasteiger partial charge is 0.253 e. The Morgan fingerprint density at radius 3 is 2.74 bits per heavy atom. The Morgan fingerprint density at radius 1 is 1.35 bits per heavy atom. The van der Waals surface area contributed by atoms with Crippen LogP contribution in [0.1, 0.15) is 36.3 Å². The zero-order valence-electron chi connectivity index (χ0n) is 14.1. The molecular weight excluding hydrogens is 292 g/mol. The molecule has 1 amide bonds. The number of amides is 1. The van der Waals surface area contributed by atoms with Gasteiger partial charge in [-0.05, 0) is 37.5 Å². The molecular formula is C18H24N2O3. The fourth-order valence-corrected chi connectivity index (χ4v) is 2.53. The lowest BCUT2D eigenvalue weighted by Crippen LogP contribution is -2.33. The highest BCUT2D eigenvalue weighted by Crippen LogP contribution is 2.21. The fraction of sp³-hybridized carbons (Fsp3) is 0.444. The van der Waals surface area contributed by atoms with Gasteiger partial charge in [-0.25, -0.2) is 0 Å². The van der Waals surface area contributed by atoms with Crippen molar-refractivity contribution in [2.24, 2.45) is 5.92 Å². The number of hydrogen-bond acceptors (Lipinski definition) is 4. The van der Waals surface area contributed by atoms with Crippen LogP contribution >= 0.6 is 0 Å². The summed E-state index contributed by atoms with van der Waals surface area (Å²) in [6, 6.07) is 7.39. The summed E-state index contributed by atoms with van der Waals surface area (Å²) in [6.45, 7) is 6.13. The summed E-state index contributed by atoms with van der Waals surface area (Å²) in [5.74, 6) is 0.912. The van der Waals surface area contributed by atoms with E-state index in [4.69, 9.17) is 4.74 Å². The number of aromatic nitrogens is 1. The van der Waals surface area contributed by atoms with Crippen LogP contribution in [0.25, 0.3) is 10.9 Å². The van der Waals surface area contributed by atoms with Gasteiger partial charge < -0.3 is 15.2 Å². The van der Waals surface area contributed by atoms with E-state index in [0.717, 1.165) is 16.7 Å². The molecule has 0 saturated heterocycles. The number of ether oxygens (including phenoxy) is 1. The summed E-state index contributed by atoms with van der Waals surface area (Å²) in [5, 5.41) is 13.5. The van der Waals surface area contributed by atoms with Crippen LogP contribution in [0.5, 0.6) is 5.75 Å². The van der Waals surface area contributed by atoms with Crippen LogP contribution in [0.4, 0.5) is 0 Å². The maximum atomic E-state index is 12.3. The quantitative estimate of drug-likeness (QED) is 0.859. The second-order valence-electron chi connectivity index (χ2n) is 6.17. The number of carbonyl (C=O) groups is 1. The van der Waals surface area contributed by atoms with Crippen molar-refractivity contribution in [3.63, 3.8) is 0 Å². The number of aliphatic hydroxyl groups excluding tert-OH is 1. The van der Waals surface area contributed by atoms with Crippen molar-refractivity contribution in [3.8, 4) is 5.75 Å². The Morgan fingerprint density at radius 2 is 2.09 bits per heavy atom. The van der Waals surface area contributed by atoms with Crippen LogP contribution in [-0.4, -0.2) is 35.8 Å². The molecule has 0 saturated carbocycles. The van der Waals surface area contributed by atoms with E-state index >= 15 is 0 Å². The highest BCUT2D eigenvalue weighted by molar-refractivity contribution is 5.98. The van der Waals surface area contributed by atoms with Crippen molar-refractivity contribution < 1.29 is 14.6 Å². The van der Waals surface area contributed by atoms with Gasteiger partial charge in [0.25, 0.3) is 5.91 Å². The number of nitrogens with zero attached hydrogens (tertiary/aromatic N) is 1. The Hall–Kier alpha value is -2.14. The van der Waals surface area contributed by atoms with Crippen LogP contribution in [0.3, 0.4) is 0 Å². The summed E-state index contributed by atoms with van der Waals surface area (Å²) in [6.07, 6.45) is 0.131. The highest BCUT2D eigenvalue weighted by atomic mass is 16.5. The Kier molecular flexibility index (Phi) is 5.55. The first-order valence-corrected chi connectivity index (χ1v) is 7.82. The Labute approximate surface area is 136 Å². The highest BCUT2D eigenvalue weighted by Gasteiger charge is 2.14. The average molecular weight is 316 g/mol. The minimum absolute atomic E-state index is 0.212. The lowest BCUT2D eigenvalue weighted by atomic mass is 10.1. The zero-order chi connectivity index (χ0) is 17.0. The molecule has 5 heteroatoms. The third-order valence-electron chi connectivity index (χ3n) is 3.70. The molecule has 1 heterocycles. The lowest BCUT2D eigenvalue weighted by molar-refractivity contribution is 0.0899. The van der Waals surface area contributed by atoms with Gasteiger partial charge in [0.05, 0.1) is 30.0 Å². The van der Waals surface area contributed by atoms with Crippen molar-refractivity contribution in [1.82, 2.24) is 10.3 Å². The number of benzene rings is 1. The van der Waals surface area contributed by atoms with E-state index in [-0.39, 0.29) is 12.5 Å². The van der Waals surface area contributed by atoms with E-state index in [1.165, 1.54) is 0 Å². The molecule has 0 radical (unpaired) electrons. The molecule has 0 aliphatic heterocycles. The van der Waals surface area contributed by atoms with Crippen LogP contribution < -0.4 is 10.1 Å². The first kappa shape index (κ1) is 17.2. The van der Waals surface area contributed by atoms with Crippen LogP contribution in [-0.2, 0) is 0 Å². The predicted octanol–water partition coefficient (Wildman–Crippen LogP) is 2.69. The molecule has 23 heavy (non-hydrogen) atoms. The first-order chi connectivity index (χ1) is 10.9. The van der Waals surface area contributed by atoms with Gasteiger partial charge >= 0.3 is 0 Å². The predicted molar refractivity (Wildman–Crippen MR) is 90.8 cm³/mol. The molecule has 1 atom stereocenters. The van der Waals surface area contributed by atoms with Crippen molar-refractivity contribution in [3.05, 3.63) is 35.5 Å². The van der Waals surface area contributed by atoms with Gasteiger partial charge in [-0.15, -0.1) is 0 Å². The number of aryl methyl sites for hydroxylation is 1. The summed E-state index contributed by atoms with van der Waals surface area (Å²) in [4.78, 5) is 16.8. The molecule has 1 aromatic carbocycles. The summed E-state index contributed by atoms with van der Waals surface area (Å²) >= 11 is 0. The molecule has 0 spiro atoms. The fourth-order valence-electron chi connectivity index (χ4n) is 2.53. The standard InChI is InChI=1S/C18H24N2O3/c1-11(2)7-14(21)10-19-18(22)16-8-13-5-6-15(23-4)9-17(13)20-12(16)3/h5-6,8-9,11,14,21H,7,10H2,1-4H3,(H,19,22). The van der Waals surface area contributed by atoms with Gasteiger partial charge in [0.15, 0.2) is 0 Å². The normalized spacial score (nSPS) is 12.4. The third kappa shape index (κ3) is 4.42. The number of carbonyl (C=O) groups excluding carboxylic acids is 1. The van der Waals surface area contributed by atoms with E-state index in [1.807, 2.05) is 38.1 Å². The average Bonchev–Trinajstić information content (AvgIpc) is 2.50. The largest absolute Gasteiger partial charge is 0.497 e. The van der Waals surface area contributed by atoms with E-state index in [1.54, 1.807) is 14.0 Å². The molecule has 5 nitrogen and oxygen atoms in total. The summed E-state index contributed by atoms with van der Waals surface area (Å²) in [7, 11) is 1.61. The molecule has 0 bridgehead atoms. The molecule has 0 aliphatic rings. The second kappa shape index (κ2) is 7.42. The molecule has 1 unspecified atom stereocenters. The summed E-state index contributed by atoms with van der Waals surface area (Å²) < 4.78 is 5.19. The number of fused-ring (bicyclic) bond motifs is 1. The van der Waals surface area contributed by atoms with Gasteiger partial charge in [0.1, 0.15) is 5.75 Å². The van der Waals surface area contributed by atoms with E-state index in [9.17, 15) is 9.90 Å². The molecule has 0 aliphatic carbocycles. The summed E-state index contributed by atoms with van der Waals surface area (Å²) in [5.41, 5.74) is 1.97. The maximum absolute atomic E-state index is 12.3. The van der Waals surface area contributed by atoms with Crippen LogP contribution in [0.15, 0.2) is 24.3 Å². The Bertz CT molecular complexity index is 698. The van der Waals surface area contributed by atoms with Gasteiger partial charge in [0, 0.05) is 18.0 Å². The minimum Gasteiger partial charge on any atom is -0.497 e. The van der Waals surface area contributed by atoms with Crippen LogP contribution in [0.2, 0.25) is 0 Å². The molecule has 1 aromatic heterocycles. The van der Waals surface area contributed by atoms with Crippen molar-refractivity contribution in [2.75, 3.05) is 13.7 Å². The van der Waals surface area contributed by atoms with Gasteiger partial charge in [-0.2, -0.15) is 0 Å². The lowest BCUT2D eigenvalue weighted by Gasteiger charge is -2.14. The Balaban J connectivity index is 2.15. The second-order valence-corrected chi connectivity index (χ2v) is 6.17. The maximum Gasteiger partial charge on any atom is 0.253 e. The zero-order valence-corrected chi connectivity index (χ0v) is 14.1. The van der Waals surface area contributed by atoms with Crippen molar-refractivity contribution in [1.29, 1.82) is 0 Å². The van der Waals surface area contributed by atoms with Gasteiger partial charge in [-0.1, -0.05) is 13.8 Å². The number of pyridine rings is 1. The minimum atomic E-state index is -0.531. The van der Waals surface area contributed by atoms with Crippen molar-refractivity contribution >= 4 is 16.8 Å². The molecule has 2 aromatic rings. The van der Waals surface area contributed by atoms with E-state index in [0.29, 0.717) is 23.6 Å². The molecule has 2 rings (SSSR count). The molecule has 0 fully saturated rings. The number of aliphatic hydroxyl groups is 1. The van der Waals surface area contributed by atoms with E-state index < -0.39 is 6.10 Å². The number of methoxy groups -OCH3 is 1. The van der Waals surface area contributed by atoms with Crippen molar-refractivity contribution in [2.45, 2.75) is 33.3 Å². The number of rotatable bonds is 6. The first-order valence-electron chi connectivity index (χ1n) is 7.82. The van der Waals surface area contributed by atoms with Gasteiger partial charge in [-0.3, -0.25) is 9.78 Å². The molecule has 2 N–H and O–H groups in total. The number of hydrogen-bond donors (Lipinski definition) is 2. The monoisotopic (exact) mass is 316 g/mol. The van der Waals surface area contributed by atoms with Crippen LogP contribution in [0, 0.1) is 12.8 Å². The van der Waals surface area contributed by atoms with E-state index in [2.05, 4.69) is 10.3 Å².